The Morgan fingerprint density at radius 1 is 1.39 bits per heavy atom. The molecule has 0 atom stereocenters. The van der Waals surface area contributed by atoms with E-state index < -0.39 is 0 Å². The SMILES string of the molecule is CCCNC(=O)CNC(=S)Nc1cccc(Br)c1. The molecule has 0 saturated heterocycles. The molecule has 0 fully saturated rings. The summed E-state index contributed by atoms with van der Waals surface area (Å²) in [6, 6.07) is 7.64. The van der Waals surface area contributed by atoms with Crippen LogP contribution in [0.4, 0.5) is 5.69 Å². The van der Waals surface area contributed by atoms with E-state index in [9.17, 15) is 4.79 Å². The van der Waals surface area contributed by atoms with Gasteiger partial charge in [0.1, 0.15) is 0 Å². The van der Waals surface area contributed by atoms with E-state index in [2.05, 4.69) is 31.9 Å². The molecule has 1 aromatic carbocycles. The molecule has 0 radical (unpaired) electrons. The lowest BCUT2D eigenvalue weighted by atomic mass is 10.3. The van der Waals surface area contributed by atoms with Crippen molar-refractivity contribution in [2.75, 3.05) is 18.4 Å². The number of benzene rings is 1. The van der Waals surface area contributed by atoms with Crippen LogP contribution in [0.5, 0.6) is 0 Å². The molecule has 18 heavy (non-hydrogen) atoms. The number of nitrogens with one attached hydrogen (secondary N) is 3. The molecule has 0 spiro atoms. The summed E-state index contributed by atoms with van der Waals surface area (Å²) in [6.07, 6.45) is 0.923. The minimum Gasteiger partial charge on any atom is -0.355 e. The second-order valence-electron chi connectivity index (χ2n) is 3.67. The summed E-state index contributed by atoms with van der Waals surface area (Å²) >= 11 is 8.47. The van der Waals surface area contributed by atoms with Crippen molar-refractivity contribution >= 4 is 44.9 Å². The molecule has 3 N–H and O–H groups in total. The van der Waals surface area contributed by atoms with Gasteiger partial charge < -0.3 is 16.0 Å². The van der Waals surface area contributed by atoms with Gasteiger partial charge >= 0.3 is 0 Å². The van der Waals surface area contributed by atoms with Crippen LogP contribution in [0.15, 0.2) is 28.7 Å². The van der Waals surface area contributed by atoms with E-state index in [1.165, 1.54) is 0 Å². The maximum absolute atomic E-state index is 11.3. The van der Waals surface area contributed by atoms with Crippen LogP contribution in [0, 0.1) is 0 Å². The van der Waals surface area contributed by atoms with Gasteiger partial charge in [0, 0.05) is 16.7 Å². The summed E-state index contributed by atoms with van der Waals surface area (Å²) in [7, 11) is 0. The van der Waals surface area contributed by atoms with Crippen LogP contribution >= 0.6 is 28.1 Å². The van der Waals surface area contributed by atoms with Gasteiger partial charge in [-0.15, -0.1) is 0 Å². The fraction of sp³-hybridized carbons (Fsp3) is 0.333. The van der Waals surface area contributed by atoms with E-state index in [4.69, 9.17) is 12.2 Å². The molecule has 0 aliphatic heterocycles. The van der Waals surface area contributed by atoms with Gasteiger partial charge in [-0.25, -0.2) is 0 Å². The molecule has 1 amide bonds. The number of hydrogen-bond donors (Lipinski definition) is 3. The highest BCUT2D eigenvalue weighted by Crippen LogP contribution is 2.15. The van der Waals surface area contributed by atoms with Crippen molar-refractivity contribution in [3.8, 4) is 0 Å². The topological polar surface area (TPSA) is 53.2 Å². The van der Waals surface area contributed by atoms with E-state index in [0.29, 0.717) is 11.7 Å². The lowest BCUT2D eigenvalue weighted by molar-refractivity contribution is -0.119. The van der Waals surface area contributed by atoms with Crippen LogP contribution in [-0.4, -0.2) is 24.1 Å². The number of anilines is 1. The molecule has 0 saturated carbocycles. The third-order valence-corrected chi connectivity index (χ3v) is 2.80. The van der Waals surface area contributed by atoms with Crippen molar-refractivity contribution < 1.29 is 4.79 Å². The van der Waals surface area contributed by atoms with Gasteiger partial charge in [-0.05, 0) is 36.8 Å². The number of halogens is 1. The molecular formula is C12H16BrN3OS. The third-order valence-electron chi connectivity index (χ3n) is 2.06. The maximum Gasteiger partial charge on any atom is 0.239 e. The van der Waals surface area contributed by atoms with Crippen molar-refractivity contribution in [2.24, 2.45) is 0 Å². The Morgan fingerprint density at radius 2 is 2.17 bits per heavy atom. The van der Waals surface area contributed by atoms with Crippen LogP contribution in [0.1, 0.15) is 13.3 Å². The number of hydrogen-bond acceptors (Lipinski definition) is 2. The van der Waals surface area contributed by atoms with E-state index in [1.807, 2.05) is 31.2 Å². The molecule has 98 valence electrons. The quantitative estimate of drug-likeness (QED) is 0.725. The molecule has 0 heterocycles. The van der Waals surface area contributed by atoms with Crippen molar-refractivity contribution in [2.45, 2.75) is 13.3 Å². The third kappa shape index (κ3) is 5.97. The second-order valence-corrected chi connectivity index (χ2v) is 4.99. The average molecular weight is 330 g/mol. The van der Waals surface area contributed by atoms with Crippen LogP contribution in [0.3, 0.4) is 0 Å². The first-order valence-electron chi connectivity index (χ1n) is 5.69. The Labute approximate surface area is 121 Å². The maximum atomic E-state index is 11.3. The molecule has 0 aliphatic rings. The molecule has 0 aromatic heterocycles. The molecular weight excluding hydrogens is 314 g/mol. The Bertz CT molecular complexity index is 426. The Balaban J connectivity index is 2.31. The molecule has 1 rings (SSSR count). The smallest absolute Gasteiger partial charge is 0.239 e. The minimum absolute atomic E-state index is 0.0600. The fourth-order valence-corrected chi connectivity index (χ4v) is 1.82. The van der Waals surface area contributed by atoms with E-state index in [-0.39, 0.29) is 12.5 Å². The fourth-order valence-electron chi connectivity index (χ4n) is 1.23. The largest absolute Gasteiger partial charge is 0.355 e. The normalized spacial score (nSPS) is 9.67. The number of carbonyl (C=O) groups is 1. The predicted octanol–water partition coefficient (Wildman–Crippen LogP) is 2.26. The summed E-state index contributed by atoms with van der Waals surface area (Å²) in [4.78, 5) is 11.3. The molecule has 6 heteroatoms. The predicted molar refractivity (Wildman–Crippen MR) is 81.7 cm³/mol. The number of thiocarbonyl (C=S) groups is 1. The Hall–Kier alpha value is -1.14. The summed E-state index contributed by atoms with van der Waals surface area (Å²) in [5.41, 5.74) is 0.871. The second kappa shape index (κ2) is 8.05. The lowest BCUT2D eigenvalue weighted by Gasteiger charge is -2.10. The van der Waals surface area contributed by atoms with Crippen LogP contribution < -0.4 is 16.0 Å². The monoisotopic (exact) mass is 329 g/mol. The van der Waals surface area contributed by atoms with Gasteiger partial charge in [-0.3, -0.25) is 4.79 Å². The molecule has 0 unspecified atom stereocenters. The van der Waals surface area contributed by atoms with E-state index >= 15 is 0 Å². The van der Waals surface area contributed by atoms with E-state index in [0.717, 1.165) is 16.6 Å². The highest BCUT2D eigenvalue weighted by Gasteiger charge is 2.02. The summed E-state index contributed by atoms with van der Waals surface area (Å²) in [5.74, 6) is -0.0600. The van der Waals surface area contributed by atoms with Gasteiger partial charge in [0.05, 0.1) is 6.54 Å². The first-order chi connectivity index (χ1) is 8.61. The average Bonchev–Trinajstić information content (AvgIpc) is 2.34. The van der Waals surface area contributed by atoms with Crippen molar-refractivity contribution in [3.63, 3.8) is 0 Å². The number of rotatable bonds is 5. The molecule has 4 nitrogen and oxygen atoms in total. The standard InChI is InChI=1S/C12H16BrN3OS/c1-2-6-14-11(17)8-15-12(18)16-10-5-3-4-9(13)7-10/h3-5,7H,2,6,8H2,1H3,(H,14,17)(H2,15,16,18). The highest BCUT2D eigenvalue weighted by molar-refractivity contribution is 9.10. The summed E-state index contributed by atoms with van der Waals surface area (Å²) in [6.45, 7) is 2.87. The zero-order valence-corrected chi connectivity index (χ0v) is 12.5. The first-order valence-corrected chi connectivity index (χ1v) is 6.89. The highest BCUT2D eigenvalue weighted by atomic mass is 79.9. The molecule has 1 aromatic rings. The van der Waals surface area contributed by atoms with E-state index in [1.54, 1.807) is 0 Å². The number of carbonyl (C=O) groups excluding carboxylic acids is 1. The molecule has 0 aliphatic carbocycles. The van der Waals surface area contributed by atoms with Crippen LogP contribution in [0.2, 0.25) is 0 Å². The summed E-state index contributed by atoms with van der Waals surface area (Å²) in [5, 5.41) is 9.05. The van der Waals surface area contributed by atoms with Gasteiger partial charge in [-0.2, -0.15) is 0 Å². The zero-order valence-electron chi connectivity index (χ0n) is 10.1. The Morgan fingerprint density at radius 3 is 2.83 bits per heavy atom. The van der Waals surface area contributed by atoms with Crippen molar-refractivity contribution in [1.82, 2.24) is 10.6 Å². The molecule has 0 bridgehead atoms. The first kappa shape index (κ1) is 14.9. The zero-order chi connectivity index (χ0) is 13.4. The van der Waals surface area contributed by atoms with Crippen LogP contribution in [-0.2, 0) is 4.79 Å². The number of amides is 1. The minimum atomic E-state index is -0.0600. The summed E-state index contributed by atoms with van der Waals surface area (Å²) < 4.78 is 0.969. The van der Waals surface area contributed by atoms with Gasteiger partial charge in [-0.1, -0.05) is 28.9 Å². The van der Waals surface area contributed by atoms with Gasteiger partial charge in [0.2, 0.25) is 5.91 Å². The van der Waals surface area contributed by atoms with Crippen molar-refractivity contribution in [1.29, 1.82) is 0 Å². The van der Waals surface area contributed by atoms with Gasteiger partial charge in [0.25, 0.3) is 0 Å². The van der Waals surface area contributed by atoms with Gasteiger partial charge in [0.15, 0.2) is 5.11 Å². The lowest BCUT2D eigenvalue weighted by Crippen LogP contribution is -2.38. The van der Waals surface area contributed by atoms with Crippen LogP contribution in [0.25, 0.3) is 0 Å². The van der Waals surface area contributed by atoms with Crippen molar-refractivity contribution in [3.05, 3.63) is 28.7 Å². The Kier molecular flexibility index (Phi) is 6.67.